The Hall–Kier alpha value is -1.23. The third kappa shape index (κ3) is 5.40. The lowest BCUT2D eigenvalue weighted by Crippen LogP contribution is -2.29. The van der Waals surface area contributed by atoms with Crippen LogP contribution in [0.1, 0.15) is 46.5 Å². The lowest BCUT2D eigenvalue weighted by Gasteiger charge is -2.24. The molecule has 5 nitrogen and oxygen atoms in total. The molecule has 5 heteroatoms. The van der Waals surface area contributed by atoms with Gasteiger partial charge in [0.2, 0.25) is 0 Å². The van der Waals surface area contributed by atoms with E-state index in [2.05, 4.69) is 4.74 Å². The minimum absolute atomic E-state index is 0.123. The predicted molar refractivity (Wildman–Crippen MR) is 66.0 cm³/mol. The Morgan fingerprint density at radius 1 is 1.11 bits per heavy atom. The highest BCUT2D eigenvalue weighted by atomic mass is 16.5. The molecule has 0 aromatic heterocycles. The second-order valence-electron chi connectivity index (χ2n) is 4.53. The Bertz CT molecular complexity index is 305. The summed E-state index contributed by atoms with van der Waals surface area (Å²) in [6.45, 7) is 5.24. The number of aliphatic hydroxyl groups excluding tert-OH is 1. The first-order chi connectivity index (χ1) is 8.39. The van der Waals surface area contributed by atoms with E-state index < -0.39 is 23.6 Å². The minimum Gasteiger partial charge on any atom is -0.463 e. The Labute approximate surface area is 108 Å². The summed E-state index contributed by atoms with van der Waals surface area (Å²) in [6, 6.07) is 0. The highest BCUT2D eigenvalue weighted by Gasteiger charge is 2.30. The van der Waals surface area contributed by atoms with Gasteiger partial charge >= 0.3 is 5.97 Å². The van der Waals surface area contributed by atoms with E-state index in [0.29, 0.717) is 12.8 Å². The summed E-state index contributed by atoms with van der Waals surface area (Å²) in [6.07, 6.45) is 0.705. The Morgan fingerprint density at radius 2 is 1.67 bits per heavy atom. The molecule has 0 heterocycles. The molecular weight excluding hydrogens is 236 g/mol. The normalized spacial score (nSPS) is 11.1. The molecule has 0 spiro atoms. The molecule has 0 saturated heterocycles. The van der Waals surface area contributed by atoms with Crippen molar-refractivity contribution in [1.29, 1.82) is 0 Å². The zero-order chi connectivity index (χ0) is 14.2. The zero-order valence-electron chi connectivity index (χ0n) is 11.3. The number of aliphatic hydroxyl groups is 1. The Balaban J connectivity index is 4.24. The van der Waals surface area contributed by atoms with Gasteiger partial charge in [-0.3, -0.25) is 14.4 Å². The molecule has 0 rings (SSSR count). The summed E-state index contributed by atoms with van der Waals surface area (Å²) in [5, 5.41) is 8.45. The van der Waals surface area contributed by atoms with Gasteiger partial charge in [-0.25, -0.2) is 0 Å². The molecular formula is C13H22O5. The SMILES string of the molecule is CCC(C)(CC)C(=O)CC(=O)CC(=O)OCCO. The number of carbonyl (C=O) groups excluding carboxylic acids is 3. The average molecular weight is 258 g/mol. The van der Waals surface area contributed by atoms with Gasteiger partial charge in [-0.2, -0.15) is 0 Å². The van der Waals surface area contributed by atoms with Crippen molar-refractivity contribution in [2.45, 2.75) is 46.5 Å². The summed E-state index contributed by atoms with van der Waals surface area (Å²) < 4.78 is 4.56. The van der Waals surface area contributed by atoms with Gasteiger partial charge in [0.05, 0.1) is 13.0 Å². The van der Waals surface area contributed by atoms with E-state index in [1.165, 1.54) is 0 Å². The number of hydrogen-bond acceptors (Lipinski definition) is 5. The molecule has 0 amide bonds. The Morgan fingerprint density at radius 3 is 2.11 bits per heavy atom. The number of ketones is 2. The van der Waals surface area contributed by atoms with Crippen LogP contribution in [0.3, 0.4) is 0 Å². The smallest absolute Gasteiger partial charge is 0.313 e. The van der Waals surface area contributed by atoms with Crippen LogP contribution >= 0.6 is 0 Å². The first-order valence-corrected chi connectivity index (χ1v) is 6.21. The maximum atomic E-state index is 11.9. The van der Waals surface area contributed by atoms with E-state index in [9.17, 15) is 14.4 Å². The summed E-state index contributed by atoms with van der Waals surface area (Å²) in [5.74, 6) is -1.26. The van der Waals surface area contributed by atoms with E-state index in [1.54, 1.807) is 0 Å². The van der Waals surface area contributed by atoms with Gasteiger partial charge in [-0.05, 0) is 12.8 Å². The fraction of sp³-hybridized carbons (Fsp3) is 0.769. The predicted octanol–water partition coefficient (Wildman–Crippen LogP) is 1.27. The van der Waals surface area contributed by atoms with Crippen LogP contribution in [-0.2, 0) is 19.1 Å². The van der Waals surface area contributed by atoms with Crippen molar-refractivity contribution in [3.63, 3.8) is 0 Å². The molecule has 0 fully saturated rings. The number of esters is 1. The minimum atomic E-state index is -0.698. The van der Waals surface area contributed by atoms with Crippen LogP contribution in [-0.4, -0.2) is 35.9 Å². The van der Waals surface area contributed by atoms with Crippen molar-refractivity contribution >= 4 is 17.5 Å². The largest absolute Gasteiger partial charge is 0.463 e. The monoisotopic (exact) mass is 258 g/mol. The zero-order valence-corrected chi connectivity index (χ0v) is 11.3. The van der Waals surface area contributed by atoms with Crippen LogP contribution in [0.2, 0.25) is 0 Å². The van der Waals surface area contributed by atoms with Crippen molar-refractivity contribution in [3.05, 3.63) is 0 Å². The molecule has 0 atom stereocenters. The van der Waals surface area contributed by atoms with E-state index in [-0.39, 0.29) is 25.4 Å². The molecule has 1 N–H and O–H groups in total. The first-order valence-electron chi connectivity index (χ1n) is 6.21. The summed E-state index contributed by atoms with van der Waals surface area (Å²) in [4.78, 5) is 34.6. The maximum absolute atomic E-state index is 11.9. The second kappa shape index (κ2) is 7.97. The molecule has 0 bridgehead atoms. The van der Waals surface area contributed by atoms with E-state index >= 15 is 0 Å². The molecule has 0 aliphatic rings. The van der Waals surface area contributed by atoms with Gasteiger partial charge in [-0.1, -0.05) is 20.8 Å². The summed E-state index contributed by atoms with van der Waals surface area (Å²) in [7, 11) is 0. The van der Waals surface area contributed by atoms with Crippen LogP contribution in [0.25, 0.3) is 0 Å². The highest BCUT2D eigenvalue weighted by molar-refractivity contribution is 6.07. The fourth-order valence-electron chi connectivity index (χ4n) is 1.47. The van der Waals surface area contributed by atoms with Gasteiger partial charge in [0.25, 0.3) is 0 Å². The van der Waals surface area contributed by atoms with Gasteiger partial charge in [-0.15, -0.1) is 0 Å². The number of ether oxygens (including phenoxy) is 1. The molecule has 104 valence electrons. The van der Waals surface area contributed by atoms with Crippen molar-refractivity contribution in [2.75, 3.05) is 13.2 Å². The van der Waals surface area contributed by atoms with Crippen molar-refractivity contribution in [3.8, 4) is 0 Å². The molecule has 0 unspecified atom stereocenters. The molecule has 0 saturated carbocycles. The van der Waals surface area contributed by atoms with Crippen molar-refractivity contribution < 1.29 is 24.2 Å². The lowest BCUT2D eigenvalue weighted by atomic mass is 9.78. The van der Waals surface area contributed by atoms with Gasteiger partial charge in [0.15, 0.2) is 5.78 Å². The molecule has 0 aromatic rings. The average Bonchev–Trinajstić information content (AvgIpc) is 2.34. The first kappa shape index (κ1) is 16.8. The fourth-order valence-corrected chi connectivity index (χ4v) is 1.47. The number of Topliss-reactive ketones (excluding diaryl/α,β-unsaturated/α-hetero) is 2. The molecule has 0 aliphatic heterocycles. The van der Waals surface area contributed by atoms with Crippen LogP contribution in [0, 0.1) is 5.41 Å². The van der Waals surface area contributed by atoms with Crippen molar-refractivity contribution in [1.82, 2.24) is 0 Å². The number of hydrogen-bond donors (Lipinski definition) is 1. The van der Waals surface area contributed by atoms with E-state index in [4.69, 9.17) is 5.11 Å². The van der Waals surface area contributed by atoms with Crippen LogP contribution in [0.5, 0.6) is 0 Å². The number of carbonyl (C=O) groups is 3. The van der Waals surface area contributed by atoms with E-state index in [0.717, 1.165) is 0 Å². The quantitative estimate of drug-likeness (QED) is 0.497. The maximum Gasteiger partial charge on any atom is 0.313 e. The van der Waals surface area contributed by atoms with Gasteiger partial charge in [0, 0.05) is 5.41 Å². The standard InChI is InChI=1S/C13H22O5/c1-4-13(3,5-2)11(16)8-10(15)9-12(17)18-7-6-14/h14H,4-9H2,1-3H3. The topological polar surface area (TPSA) is 80.7 Å². The van der Waals surface area contributed by atoms with E-state index in [1.807, 2.05) is 20.8 Å². The van der Waals surface area contributed by atoms with Crippen LogP contribution in [0.4, 0.5) is 0 Å². The third-order valence-electron chi connectivity index (χ3n) is 3.29. The molecule has 18 heavy (non-hydrogen) atoms. The Kier molecular flexibility index (Phi) is 7.43. The molecule has 0 aromatic carbocycles. The van der Waals surface area contributed by atoms with Crippen molar-refractivity contribution in [2.24, 2.45) is 5.41 Å². The van der Waals surface area contributed by atoms with Gasteiger partial charge < -0.3 is 9.84 Å². The summed E-state index contributed by atoms with van der Waals surface area (Å²) >= 11 is 0. The molecule has 0 aliphatic carbocycles. The highest BCUT2D eigenvalue weighted by Crippen LogP contribution is 2.28. The van der Waals surface area contributed by atoms with Crippen LogP contribution < -0.4 is 0 Å². The third-order valence-corrected chi connectivity index (χ3v) is 3.29. The van der Waals surface area contributed by atoms with Crippen LogP contribution in [0.15, 0.2) is 0 Å². The second-order valence-corrected chi connectivity index (χ2v) is 4.53. The number of rotatable bonds is 9. The van der Waals surface area contributed by atoms with Gasteiger partial charge in [0.1, 0.15) is 18.8 Å². The summed E-state index contributed by atoms with van der Waals surface area (Å²) in [5.41, 5.74) is -0.495. The molecule has 0 radical (unpaired) electrons. The lowest BCUT2D eigenvalue weighted by molar-refractivity contribution is -0.147.